The molecule has 0 spiro atoms. The zero-order chi connectivity index (χ0) is 18.5. The highest BCUT2D eigenvalue weighted by molar-refractivity contribution is 7.15. The van der Waals surface area contributed by atoms with Crippen molar-refractivity contribution in [2.24, 2.45) is 0 Å². The van der Waals surface area contributed by atoms with Crippen molar-refractivity contribution < 1.29 is 14.4 Å². The second-order valence-corrected chi connectivity index (χ2v) is 7.62. The molecule has 1 atom stereocenters. The lowest BCUT2D eigenvalue weighted by atomic mass is 9.99. The van der Waals surface area contributed by atoms with E-state index in [1.807, 2.05) is 13.8 Å². The van der Waals surface area contributed by atoms with Gasteiger partial charge in [-0.05, 0) is 12.1 Å². The lowest BCUT2D eigenvalue weighted by Crippen LogP contribution is -2.68. The summed E-state index contributed by atoms with van der Waals surface area (Å²) in [6, 6.07) is 6.78. The summed E-state index contributed by atoms with van der Waals surface area (Å²) >= 11 is 1.28. The number of anilines is 2. The van der Waals surface area contributed by atoms with E-state index in [1.165, 1.54) is 16.2 Å². The third-order valence-corrected chi connectivity index (χ3v) is 5.71. The van der Waals surface area contributed by atoms with Crippen LogP contribution in [0.5, 0.6) is 0 Å². The molecule has 1 unspecified atom stereocenters. The van der Waals surface area contributed by atoms with Gasteiger partial charge in [0.15, 0.2) is 0 Å². The third-order valence-electron chi connectivity index (χ3n) is 4.57. The fraction of sp³-hybridized carbons (Fsp3) is 0.353. The predicted molar refractivity (Wildman–Crippen MR) is 96.0 cm³/mol. The first-order valence-electron chi connectivity index (χ1n) is 8.32. The Labute approximate surface area is 153 Å². The van der Waals surface area contributed by atoms with Crippen LogP contribution in [0.2, 0.25) is 0 Å². The van der Waals surface area contributed by atoms with Gasteiger partial charge in [0.05, 0.1) is 11.3 Å². The zero-order valence-electron chi connectivity index (χ0n) is 14.3. The zero-order valence-corrected chi connectivity index (χ0v) is 15.1. The van der Waals surface area contributed by atoms with Gasteiger partial charge in [-0.15, -0.1) is 10.2 Å². The van der Waals surface area contributed by atoms with Crippen LogP contribution < -0.4 is 15.5 Å². The van der Waals surface area contributed by atoms with Gasteiger partial charge in [-0.3, -0.25) is 24.6 Å². The fourth-order valence-electron chi connectivity index (χ4n) is 3.29. The van der Waals surface area contributed by atoms with Crippen molar-refractivity contribution in [1.29, 1.82) is 0 Å². The molecular formula is C17H17N5O3S. The maximum atomic E-state index is 13.1. The number of rotatable bonds is 3. The minimum absolute atomic E-state index is 0.176. The number of nitrogens with zero attached hydrogens (tertiary/aromatic N) is 3. The van der Waals surface area contributed by atoms with E-state index >= 15 is 0 Å². The molecule has 26 heavy (non-hydrogen) atoms. The summed E-state index contributed by atoms with van der Waals surface area (Å²) < 4.78 is 0. The number of hydrogen-bond donors (Lipinski definition) is 2. The number of amides is 3. The van der Waals surface area contributed by atoms with Crippen molar-refractivity contribution in [3.05, 3.63) is 34.8 Å². The Morgan fingerprint density at radius 2 is 2.08 bits per heavy atom. The van der Waals surface area contributed by atoms with Gasteiger partial charge in [-0.2, -0.15) is 0 Å². The standard InChI is InChI=1S/C17H17N5O3S/c1-9(2)14-20-21-16(26-14)18-15(25)17-8-7-12(23)22(17)11-6-4-3-5-10(11)13(24)19-17/h3-6,9H,7-8H2,1-2H3,(H,19,24)(H,18,21,25). The summed E-state index contributed by atoms with van der Waals surface area (Å²) in [5.41, 5.74) is -0.607. The summed E-state index contributed by atoms with van der Waals surface area (Å²) in [5, 5.41) is 14.6. The smallest absolute Gasteiger partial charge is 0.273 e. The van der Waals surface area contributed by atoms with Gasteiger partial charge in [0, 0.05) is 18.8 Å². The Kier molecular flexibility index (Phi) is 3.76. The van der Waals surface area contributed by atoms with Gasteiger partial charge in [0.2, 0.25) is 16.7 Å². The number of para-hydroxylation sites is 1. The highest BCUT2D eigenvalue weighted by Crippen LogP contribution is 2.40. The molecule has 2 aliphatic rings. The molecule has 1 aromatic carbocycles. The summed E-state index contributed by atoms with van der Waals surface area (Å²) in [7, 11) is 0. The quantitative estimate of drug-likeness (QED) is 0.857. The van der Waals surface area contributed by atoms with Crippen LogP contribution in [0.25, 0.3) is 0 Å². The molecule has 0 saturated carbocycles. The Bertz CT molecular complexity index is 925. The van der Waals surface area contributed by atoms with Crippen LogP contribution in [0, 0.1) is 0 Å². The van der Waals surface area contributed by atoms with Crippen molar-refractivity contribution in [3.63, 3.8) is 0 Å². The molecule has 134 valence electrons. The lowest BCUT2D eigenvalue weighted by Gasteiger charge is -2.41. The maximum Gasteiger partial charge on any atom is 0.273 e. The Morgan fingerprint density at radius 3 is 2.81 bits per heavy atom. The predicted octanol–water partition coefficient (Wildman–Crippen LogP) is 1.87. The Hall–Kier alpha value is -2.81. The van der Waals surface area contributed by atoms with Crippen molar-refractivity contribution in [1.82, 2.24) is 15.5 Å². The first-order valence-corrected chi connectivity index (χ1v) is 9.13. The molecule has 9 heteroatoms. The molecule has 0 bridgehead atoms. The Balaban J connectivity index is 1.70. The first kappa shape index (κ1) is 16.6. The van der Waals surface area contributed by atoms with Gasteiger partial charge < -0.3 is 5.32 Å². The van der Waals surface area contributed by atoms with Gasteiger partial charge in [-0.25, -0.2) is 0 Å². The van der Waals surface area contributed by atoms with E-state index in [0.717, 1.165) is 5.01 Å². The molecule has 0 aliphatic carbocycles. The van der Waals surface area contributed by atoms with E-state index < -0.39 is 11.6 Å². The molecule has 2 aliphatic heterocycles. The van der Waals surface area contributed by atoms with Crippen molar-refractivity contribution in [2.75, 3.05) is 10.2 Å². The third kappa shape index (κ3) is 2.38. The molecule has 2 N–H and O–H groups in total. The Morgan fingerprint density at radius 1 is 1.31 bits per heavy atom. The van der Waals surface area contributed by atoms with E-state index in [1.54, 1.807) is 24.3 Å². The van der Waals surface area contributed by atoms with E-state index in [0.29, 0.717) is 16.4 Å². The highest BCUT2D eigenvalue weighted by atomic mass is 32.1. The number of fused-ring (bicyclic) bond motifs is 3. The van der Waals surface area contributed by atoms with Crippen molar-refractivity contribution in [3.8, 4) is 0 Å². The van der Waals surface area contributed by atoms with Gasteiger partial charge in [-0.1, -0.05) is 37.3 Å². The number of carbonyl (C=O) groups excluding carboxylic acids is 3. The van der Waals surface area contributed by atoms with E-state index in [-0.39, 0.29) is 30.6 Å². The number of nitrogens with one attached hydrogen (secondary N) is 2. The monoisotopic (exact) mass is 371 g/mol. The van der Waals surface area contributed by atoms with Crippen molar-refractivity contribution in [2.45, 2.75) is 38.3 Å². The normalized spacial score (nSPS) is 21.4. The summed E-state index contributed by atoms with van der Waals surface area (Å²) in [4.78, 5) is 39.5. The van der Waals surface area contributed by atoms with E-state index in [9.17, 15) is 14.4 Å². The van der Waals surface area contributed by atoms with Gasteiger partial charge in [0.25, 0.3) is 11.8 Å². The molecule has 1 aromatic heterocycles. The molecule has 1 fully saturated rings. The van der Waals surface area contributed by atoms with Crippen LogP contribution in [0.1, 0.15) is 48.0 Å². The van der Waals surface area contributed by atoms with Crippen LogP contribution >= 0.6 is 11.3 Å². The molecule has 0 radical (unpaired) electrons. The lowest BCUT2D eigenvalue weighted by molar-refractivity contribution is -0.124. The molecule has 2 aromatic rings. The average Bonchev–Trinajstić information content (AvgIpc) is 3.21. The summed E-state index contributed by atoms with van der Waals surface area (Å²) in [5.74, 6) is -0.866. The van der Waals surface area contributed by atoms with Crippen molar-refractivity contribution >= 4 is 39.9 Å². The first-order chi connectivity index (χ1) is 12.4. The molecule has 8 nitrogen and oxygen atoms in total. The molecule has 3 amide bonds. The van der Waals surface area contributed by atoms with Gasteiger partial charge >= 0.3 is 0 Å². The molecule has 4 rings (SSSR count). The van der Waals surface area contributed by atoms with E-state index in [2.05, 4.69) is 20.8 Å². The van der Waals surface area contributed by atoms with E-state index in [4.69, 9.17) is 0 Å². The topological polar surface area (TPSA) is 104 Å². The average molecular weight is 371 g/mol. The van der Waals surface area contributed by atoms with Crippen LogP contribution in [-0.2, 0) is 9.59 Å². The van der Waals surface area contributed by atoms with Crippen LogP contribution in [0.4, 0.5) is 10.8 Å². The second-order valence-electron chi connectivity index (χ2n) is 6.61. The SMILES string of the molecule is CC(C)c1nnc(NC(=O)C23CCC(=O)N2c2ccccc2C(=O)N3)s1. The number of aromatic nitrogens is 2. The fourth-order valence-corrected chi connectivity index (χ4v) is 4.03. The minimum atomic E-state index is -1.44. The maximum absolute atomic E-state index is 13.1. The molecular weight excluding hydrogens is 354 g/mol. The highest BCUT2D eigenvalue weighted by Gasteiger charge is 2.56. The molecule has 3 heterocycles. The number of carbonyl (C=O) groups is 3. The van der Waals surface area contributed by atoms with Gasteiger partial charge in [0.1, 0.15) is 5.01 Å². The minimum Gasteiger partial charge on any atom is -0.321 e. The van der Waals surface area contributed by atoms with Crippen LogP contribution in [0.3, 0.4) is 0 Å². The number of hydrogen-bond acceptors (Lipinski definition) is 6. The largest absolute Gasteiger partial charge is 0.321 e. The second kappa shape index (κ2) is 5.87. The van der Waals surface area contributed by atoms with Crippen LogP contribution in [0.15, 0.2) is 24.3 Å². The van der Waals surface area contributed by atoms with Crippen LogP contribution in [-0.4, -0.2) is 33.6 Å². The molecule has 1 saturated heterocycles. The summed E-state index contributed by atoms with van der Waals surface area (Å²) in [6.07, 6.45) is 0.378. The summed E-state index contributed by atoms with van der Waals surface area (Å²) in [6.45, 7) is 3.97. The number of benzene rings is 1.